The zero-order valence-electron chi connectivity index (χ0n) is 16.2. The molecule has 0 saturated carbocycles. The number of amides is 1. The van der Waals surface area contributed by atoms with Crippen LogP contribution in [0, 0.1) is 6.92 Å². The van der Waals surface area contributed by atoms with Crippen LogP contribution in [-0.2, 0) is 0 Å². The lowest BCUT2D eigenvalue weighted by molar-refractivity contribution is 0.0703. The smallest absolute Gasteiger partial charge is 0.278 e. The third-order valence-corrected chi connectivity index (χ3v) is 5.76. The number of benzene rings is 2. The van der Waals surface area contributed by atoms with Crippen molar-refractivity contribution < 1.29 is 4.79 Å². The van der Waals surface area contributed by atoms with Gasteiger partial charge in [-0.25, -0.2) is 4.68 Å². The predicted octanol–water partition coefficient (Wildman–Crippen LogP) is 4.21. The fourth-order valence-corrected chi connectivity index (χ4v) is 4.07. The number of halogens is 1. The Hall–Kier alpha value is -2.92. The van der Waals surface area contributed by atoms with Crippen LogP contribution >= 0.6 is 11.6 Å². The number of piperidine rings is 1. The van der Waals surface area contributed by atoms with Crippen LogP contribution in [0.15, 0.2) is 65.5 Å². The molecule has 1 amide bonds. The van der Waals surface area contributed by atoms with Crippen molar-refractivity contribution in [1.29, 1.82) is 0 Å². The van der Waals surface area contributed by atoms with Gasteiger partial charge in [0, 0.05) is 24.8 Å². The largest absolute Gasteiger partial charge is 0.337 e. The molecule has 0 N–H and O–H groups in total. The van der Waals surface area contributed by atoms with Crippen LogP contribution in [-0.4, -0.2) is 33.7 Å². The van der Waals surface area contributed by atoms with Crippen molar-refractivity contribution in [3.05, 3.63) is 92.9 Å². The summed E-state index contributed by atoms with van der Waals surface area (Å²) < 4.78 is 1.56. The molecule has 4 rings (SSSR count). The van der Waals surface area contributed by atoms with E-state index in [-0.39, 0.29) is 17.0 Å². The summed E-state index contributed by atoms with van der Waals surface area (Å²) >= 11 is 6.29. The van der Waals surface area contributed by atoms with E-state index in [2.05, 4.69) is 17.2 Å². The molecule has 5 nitrogen and oxygen atoms in total. The second-order valence-electron chi connectivity index (χ2n) is 7.34. The lowest BCUT2D eigenvalue weighted by Gasteiger charge is -2.32. The predicted molar refractivity (Wildman–Crippen MR) is 114 cm³/mol. The van der Waals surface area contributed by atoms with E-state index >= 15 is 0 Å². The van der Waals surface area contributed by atoms with E-state index in [1.54, 1.807) is 22.6 Å². The first-order valence-corrected chi connectivity index (χ1v) is 10.1. The maximum atomic E-state index is 13.1. The van der Waals surface area contributed by atoms with Gasteiger partial charge < -0.3 is 4.90 Å². The maximum Gasteiger partial charge on any atom is 0.278 e. The van der Waals surface area contributed by atoms with E-state index in [9.17, 15) is 9.59 Å². The molecule has 3 aromatic rings. The lowest BCUT2D eigenvalue weighted by atomic mass is 9.89. The summed E-state index contributed by atoms with van der Waals surface area (Å²) in [7, 11) is 0. The number of hydrogen-bond acceptors (Lipinski definition) is 3. The molecule has 148 valence electrons. The summed E-state index contributed by atoms with van der Waals surface area (Å²) in [6.07, 6.45) is 1.75. The van der Waals surface area contributed by atoms with Gasteiger partial charge in [0.05, 0.1) is 10.7 Å². The average Bonchev–Trinajstić information content (AvgIpc) is 2.75. The Kier molecular flexibility index (Phi) is 5.49. The SMILES string of the molecule is Cc1cc(=O)c(C(=O)N2CCC(c3ccccc3)CC2)nn1-c1ccccc1Cl. The normalized spacial score (nSPS) is 14.8. The Bertz CT molecular complexity index is 1090. The summed E-state index contributed by atoms with van der Waals surface area (Å²) in [4.78, 5) is 27.3. The molecule has 2 heterocycles. The quantitative estimate of drug-likeness (QED) is 0.653. The first kappa shape index (κ1) is 19.4. The Morgan fingerprint density at radius 1 is 1.03 bits per heavy atom. The van der Waals surface area contributed by atoms with Gasteiger partial charge in [-0.3, -0.25) is 9.59 Å². The second-order valence-corrected chi connectivity index (χ2v) is 7.75. The number of aromatic nitrogens is 2. The van der Waals surface area contributed by atoms with E-state index in [1.807, 2.05) is 36.4 Å². The molecule has 29 heavy (non-hydrogen) atoms. The molecule has 1 aromatic heterocycles. The fraction of sp³-hybridized carbons (Fsp3) is 0.261. The van der Waals surface area contributed by atoms with Gasteiger partial charge in [-0.05, 0) is 43.4 Å². The van der Waals surface area contributed by atoms with Crippen molar-refractivity contribution in [2.24, 2.45) is 0 Å². The molecular weight excluding hydrogens is 386 g/mol. The van der Waals surface area contributed by atoms with Crippen molar-refractivity contribution in [3.63, 3.8) is 0 Å². The van der Waals surface area contributed by atoms with Crippen LogP contribution in [0.2, 0.25) is 5.02 Å². The summed E-state index contributed by atoms with van der Waals surface area (Å²) in [6.45, 7) is 3.00. The molecule has 0 radical (unpaired) electrons. The fourth-order valence-electron chi connectivity index (χ4n) is 3.85. The van der Waals surface area contributed by atoms with E-state index in [1.165, 1.54) is 11.6 Å². The Morgan fingerprint density at radius 3 is 2.38 bits per heavy atom. The maximum absolute atomic E-state index is 13.1. The van der Waals surface area contributed by atoms with E-state index in [0.29, 0.717) is 35.4 Å². The van der Waals surface area contributed by atoms with Crippen LogP contribution in [0.1, 0.15) is 40.5 Å². The number of nitrogens with zero attached hydrogens (tertiary/aromatic N) is 3. The van der Waals surface area contributed by atoms with Crippen LogP contribution in [0.4, 0.5) is 0 Å². The van der Waals surface area contributed by atoms with Crippen LogP contribution in [0.3, 0.4) is 0 Å². The highest BCUT2D eigenvalue weighted by atomic mass is 35.5. The number of para-hydroxylation sites is 1. The van der Waals surface area contributed by atoms with Crippen molar-refractivity contribution in [3.8, 4) is 5.69 Å². The highest BCUT2D eigenvalue weighted by Crippen LogP contribution is 2.28. The monoisotopic (exact) mass is 407 g/mol. The minimum atomic E-state index is -0.360. The van der Waals surface area contributed by atoms with Gasteiger partial charge in [0.1, 0.15) is 0 Å². The van der Waals surface area contributed by atoms with Crippen molar-refractivity contribution >= 4 is 17.5 Å². The zero-order chi connectivity index (χ0) is 20.4. The highest BCUT2D eigenvalue weighted by Gasteiger charge is 2.27. The number of carbonyl (C=O) groups excluding carboxylic acids is 1. The molecular formula is C23H22ClN3O2. The highest BCUT2D eigenvalue weighted by molar-refractivity contribution is 6.32. The Morgan fingerprint density at radius 2 is 1.69 bits per heavy atom. The van der Waals surface area contributed by atoms with Gasteiger partial charge in [-0.1, -0.05) is 54.1 Å². The van der Waals surface area contributed by atoms with Crippen LogP contribution < -0.4 is 5.43 Å². The molecule has 0 aliphatic carbocycles. The zero-order valence-corrected chi connectivity index (χ0v) is 17.0. The van der Waals surface area contributed by atoms with E-state index in [4.69, 9.17) is 11.6 Å². The number of rotatable bonds is 3. The minimum absolute atomic E-state index is 0.0614. The minimum Gasteiger partial charge on any atom is -0.337 e. The third-order valence-electron chi connectivity index (χ3n) is 5.44. The molecule has 1 fully saturated rings. The summed E-state index contributed by atoms with van der Waals surface area (Å²) in [5.41, 5.74) is 2.15. The van der Waals surface area contributed by atoms with Gasteiger partial charge in [0.25, 0.3) is 5.91 Å². The first-order chi connectivity index (χ1) is 14.0. The third kappa shape index (κ3) is 3.96. The average molecular weight is 408 g/mol. The topological polar surface area (TPSA) is 55.2 Å². The van der Waals surface area contributed by atoms with Gasteiger partial charge in [-0.15, -0.1) is 0 Å². The molecule has 1 aliphatic heterocycles. The second kappa shape index (κ2) is 8.21. The van der Waals surface area contributed by atoms with Gasteiger partial charge in [0.2, 0.25) is 5.43 Å². The molecule has 6 heteroatoms. The van der Waals surface area contributed by atoms with Crippen molar-refractivity contribution in [1.82, 2.24) is 14.7 Å². The lowest BCUT2D eigenvalue weighted by Crippen LogP contribution is -2.41. The van der Waals surface area contributed by atoms with Crippen LogP contribution in [0.25, 0.3) is 5.69 Å². The van der Waals surface area contributed by atoms with Gasteiger partial charge in [0.15, 0.2) is 5.69 Å². The molecule has 0 bridgehead atoms. The number of aryl methyl sites for hydroxylation is 1. The van der Waals surface area contributed by atoms with E-state index < -0.39 is 0 Å². The molecule has 2 aromatic carbocycles. The molecule has 0 atom stereocenters. The molecule has 0 unspecified atom stereocenters. The van der Waals surface area contributed by atoms with Crippen LogP contribution in [0.5, 0.6) is 0 Å². The summed E-state index contributed by atoms with van der Waals surface area (Å²) in [5, 5.41) is 4.89. The number of likely N-dealkylation sites (tertiary alicyclic amines) is 1. The van der Waals surface area contributed by atoms with Crippen molar-refractivity contribution in [2.45, 2.75) is 25.7 Å². The number of hydrogen-bond donors (Lipinski definition) is 0. The standard InChI is InChI=1S/C23H22ClN3O2/c1-16-15-21(28)22(25-27(16)20-10-6-5-9-19(20)24)23(29)26-13-11-18(12-14-26)17-7-3-2-4-8-17/h2-10,15,18H,11-14H2,1H3. The van der Waals surface area contributed by atoms with E-state index in [0.717, 1.165) is 12.8 Å². The van der Waals surface area contributed by atoms with Gasteiger partial charge in [-0.2, -0.15) is 5.10 Å². The molecule has 1 aliphatic rings. The molecule has 0 spiro atoms. The first-order valence-electron chi connectivity index (χ1n) is 9.74. The number of carbonyl (C=O) groups is 1. The molecule has 1 saturated heterocycles. The Balaban J connectivity index is 1.57. The summed E-state index contributed by atoms with van der Waals surface area (Å²) in [5.74, 6) is 0.119. The summed E-state index contributed by atoms with van der Waals surface area (Å²) in [6, 6.07) is 19.0. The van der Waals surface area contributed by atoms with Gasteiger partial charge >= 0.3 is 0 Å². The van der Waals surface area contributed by atoms with Crippen molar-refractivity contribution in [2.75, 3.05) is 13.1 Å². The Labute approximate surface area is 174 Å².